The van der Waals surface area contributed by atoms with Crippen LogP contribution >= 0.6 is 0 Å². The number of hydrogen-bond donors (Lipinski definition) is 2. The lowest BCUT2D eigenvalue weighted by molar-refractivity contribution is 0.734. The Kier molecular flexibility index (Phi) is 2.57. The van der Waals surface area contributed by atoms with Crippen molar-refractivity contribution in [2.24, 2.45) is 11.5 Å². The number of nitrogens with two attached hydrogens (primary N) is 2. The summed E-state index contributed by atoms with van der Waals surface area (Å²) in [5.41, 5.74) is 13.2. The second kappa shape index (κ2) is 3.46. The van der Waals surface area contributed by atoms with Crippen LogP contribution in [0.25, 0.3) is 0 Å². The minimum atomic E-state index is -0.0586. The van der Waals surface area contributed by atoms with Crippen LogP contribution in [0.15, 0.2) is 18.3 Å². The largest absolute Gasteiger partial charge is 0.329 e. The van der Waals surface area contributed by atoms with Crippen LogP contribution in [0.3, 0.4) is 0 Å². The average molecular weight is 151 g/mol. The number of rotatable bonds is 2. The van der Waals surface area contributed by atoms with Gasteiger partial charge in [-0.15, -0.1) is 0 Å². The summed E-state index contributed by atoms with van der Waals surface area (Å²) in [5, 5.41) is 0. The summed E-state index contributed by atoms with van der Waals surface area (Å²) in [7, 11) is 0. The van der Waals surface area contributed by atoms with Crippen molar-refractivity contribution in [2.75, 3.05) is 6.54 Å². The second-order valence-electron chi connectivity index (χ2n) is 2.57. The number of pyridine rings is 1. The Bertz CT molecular complexity index is 235. The highest BCUT2D eigenvalue weighted by atomic mass is 14.7. The van der Waals surface area contributed by atoms with Gasteiger partial charge in [0.2, 0.25) is 0 Å². The zero-order valence-electron chi connectivity index (χ0n) is 6.62. The van der Waals surface area contributed by atoms with Crippen molar-refractivity contribution in [1.29, 1.82) is 0 Å². The van der Waals surface area contributed by atoms with Crippen molar-refractivity contribution in [3.05, 3.63) is 29.6 Å². The molecule has 60 valence electrons. The highest BCUT2D eigenvalue weighted by molar-refractivity contribution is 5.19. The first-order valence-corrected chi connectivity index (χ1v) is 3.62. The molecule has 1 aromatic rings. The van der Waals surface area contributed by atoms with Crippen molar-refractivity contribution in [3.63, 3.8) is 0 Å². The van der Waals surface area contributed by atoms with E-state index in [1.54, 1.807) is 6.20 Å². The van der Waals surface area contributed by atoms with Crippen LogP contribution < -0.4 is 11.5 Å². The molecule has 0 aliphatic carbocycles. The zero-order valence-corrected chi connectivity index (χ0v) is 6.62. The zero-order chi connectivity index (χ0) is 8.27. The Morgan fingerprint density at radius 1 is 1.64 bits per heavy atom. The first-order valence-electron chi connectivity index (χ1n) is 3.62. The summed E-state index contributed by atoms with van der Waals surface area (Å²) in [6.45, 7) is 2.41. The van der Waals surface area contributed by atoms with E-state index >= 15 is 0 Å². The monoisotopic (exact) mass is 151 g/mol. The molecule has 0 unspecified atom stereocenters. The highest BCUT2D eigenvalue weighted by Gasteiger charge is 2.01. The minimum absolute atomic E-state index is 0.0586. The van der Waals surface area contributed by atoms with Crippen molar-refractivity contribution in [2.45, 2.75) is 13.0 Å². The fourth-order valence-electron chi connectivity index (χ4n) is 0.934. The standard InChI is InChI=1S/C8H13N3/c1-6-4-7(2-3-11-6)8(10)5-9/h2-4,8H,5,9-10H2,1H3/t8-/m0/s1. The number of aromatic nitrogens is 1. The van der Waals surface area contributed by atoms with Gasteiger partial charge in [0.25, 0.3) is 0 Å². The maximum absolute atomic E-state index is 5.71. The van der Waals surface area contributed by atoms with Gasteiger partial charge in [-0.25, -0.2) is 0 Å². The van der Waals surface area contributed by atoms with Gasteiger partial charge < -0.3 is 11.5 Å². The van der Waals surface area contributed by atoms with Gasteiger partial charge in [0.1, 0.15) is 0 Å². The van der Waals surface area contributed by atoms with Gasteiger partial charge in [0, 0.05) is 24.5 Å². The number of nitrogens with zero attached hydrogens (tertiary/aromatic N) is 1. The third-order valence-electron chi connectivity index (χ3n) is 1.60. The van der Waals surface area contributed by atoms with Crippen LogP contribution in [0.4, 0.5) is 0 Å². The lowest BCUT2D eigenvalue weighted by Crippen LogP contribution is -2.20. The van der Waals surface area contributed by atoms with E-state index < -0.39 is 0 Å². The third kappa shape index (κ3) is 2.00. The van der Waals surface area contributed by atoms with Crippen LogP contribution in [0.2, 0.25) is 0 Å². The van der Waals surface area contributed by atoms with Gasteiger partial charge in [-0.3, -0.25) is 4.98 Å². The molecule has 0 fully saturated rings. The first kappa shape index (κ1) is 8.17. The molecule has 0 amide bonds. The van der Waals surface area contributed by atoms with Gasteiger partial charge in [-0.2, -0.15) is 0 Å². The molecule has 1 atom stereocenters. The molecule has 0 aliphatic rings. The van der Waals surface area contributed by atoms with E-state index in [1.807, 2.05) is 19.1 Å². The Balaban J connectivity index is 2.86. The molecular formula is C8H13N3. The first-order chi connectivity index (χ1) is 5.24. The molecule has 0 aliphatic heterocycles. The normalized spacial score (nSPS) is 13.0. The van der Waals surface area contributed by atoms with E-state index in [9.17, 15) is 0 Å². The Labute approximate surface area is 66.4 Å². The summed E-state index contributed by atoms with van der Waals surface area (Å²) in [6, 6.07) is 3.79. The molecule has 0 radical (unpaired) electrons. The molecule has 1 heterocycles. The smallest absolute Gasteiger partial charge is 0.0420 e. The summed E-state index contributed by atoms with van der Waals surface area (Å²) >= 11 is 0. The van der Waals surface area contributed by atoms with E-state index in [1.165, 1.54) is 0 Å². The third-order valence-corrected chi connectivity index (χ3v) is 1.60. The van der Waals surface area contributed by atoms with Gasteiger partial charge in [-0.05, 0) is 24.6 Å². The minimum Gasteiger partial charge on any atom is -0.329 e. The highest BCUT2D eigenvalue weighted by Crippen LogP contribution is 2.08. The van der Waals surface area contributed by atoms with Crippen LogP contribution in [0, 0.1) is 6.92 Å². The van der Waals surface area contributed by atoms with Gasteiger partial charge in [-0.1, -0.05) is 0 Å². The van der Waals surface area contributed by atoms with E-state index in [0.29, 0.717) is 6.54 Å². The second-order valence-corrected chi connectivity index (χ2v) is 2.57. The predicted octanol–water partition coefficient (Wildman–Crippen LogP) is 0.349. The summed E-state index contributed by atoms with van der Waals surface area (Å²) < 4.78 is 0. The lowest BCUT2D eigenvalue weighted by Gasteiger charge is -2.08. The van der Waals surface area contributed by atoms with Crippen molar-refractivity contribution in [1.82, 2.24) is 4.98 Å². The molecule has 0 bridgehead atoms. The number of aryl methyl sites for hydroxylation is 1. The molecule has 1 aromatic heterocycles. The summed E-state index contributed by atoms with van der Waals surface area (Å²) in [5.74, 6) is 0. The van der Waals surface area contributed by atoms with Gasteiger partial charge in [0.15, 0.2) is 0 Å². The van der Waals surface area contributed by atoms with E-state index in [0.717, 1.165) is 11.3 Å². The fourth-order valence-corrected chi connectivity index (χ4v) is 0.934. The van der Waals surface area contributed by atoms with E-state index in [2.05, 4.69) is 4.98 Å². The molecule has 3 nitrogen and oxygen atoms in total. The Morgan fingerprint density at radius 3 is 2.91 bits per heavy atom. The average Bonchev–Trinajstić information content (AvgIpc) is 2.03. The predicted molar refractivity (Wildman–Crippen MR) is 45.0 cm³/mol. The van der Waals surface area contributed by atoms with Crippen molar-refractivity contribution < 1.29 is 0 Å². The van der Waals surface area contributed by atoms with E-state index in [4.69, 9.17) is 11.5 Å². The molecule has 0 saturated heterocycles. The quantitative estimate of drug-likeness (QED) is 0.641. The fraction of sp³-hybridized carbons (Fsp3) is 0.375. The van der Waals surface area contributed by atoms with Crippen LogP contribution in [-0.4, -0.2) is 11.5 Å². The van der Waals surface area contributed by atoms with Crippen LogP contribution in [0.5, 0.6) is 0 Å². The lowest BCUT2D eigenvalue weighted by atomic mass is 10.1. The van der Waals surface area contributed by atoms with Crippen molar-refractivity contribution in [3.8, 4) is 0 Å². The molecule has 3 heteroatoms. The summed E-state index contributed by atoms with van der Waals surface area (Å²) in [4.78, 5) is 4.06. The van der Waals surface area contributed by atoms with Crippen LogP contribution in [-0.2, 0) is 0 Å². The molecule has 0 saturated carbocycles. The summed E-state index contributed by atoms with van der Waals surface area (Å²) in [6.07, 6.45) is 1.75. The maximum Gasteiger partial charge on any atom is 0.0420 e. The topological polar surface area (TPSA) is 64.9 Å². The molecule has 0 aromatic carbocycles. The molecule has 1 rings (SSSR count). The molecular weight excluding hydrogens is 138 g/mol. The van der Waals surface area contributed by atoms with Crippen LogP contribution in [0.1, 0.15) is 17.3 Å². The molecule has 4 N–H and O–H groups in total. The van der Waals surface area contributed by atoms with Gasteiger partial charge >= 0.3 is 0 Å². The Hall–Kier alpha value is -0.930. The van der Waals surface area contributed by atoms with Gasteiger partial charge in [0.05, 0.1) is 0 Å². The Morgan fingerprint density at radius 2 is 2.36 bits per heavy atom. The molecule has 0 spiro atoms. The maximum atomic E-state index is 5.71. The van der Waals surface area contributed by atoms with E-state index in [-0.39, 0.29) is 6.04 Å². The number of hydrogen-bond acceptors (Lipinski definition) is 3. The van der Waals surface area contributed by atoms with Crippen molar-refractivity contribution >= 4 is 0 Å². The molecule has 11 heavy (non-hydrogen) atoms. The SMILES string of the molecule is Cc1cc([C@@H](N)CN)ccn1.